The van der Waals surface area contributed by atoms with E-state index in [1.165, 1.54) is 4.88 Å². The number of amides is 1. The second-order valence-corrected chi connectivity index (χ2v) is 5.91. The maximum absolute atomic E-state index is 11.8. The van der Waals surface area contributed by atoms with Gasteiger partial charge in [-0.3, -0.25) is 4.79 Å². The number of hydrogen-bond donors (Lipinski definition) is 2. The fourth-order valence-corrected chi connectivity index (χ4v) is 2.31. The highest BCUT2D eigenvalue weighted by Gasteiger charge is 2.26. The summed E-state index contributed by atoms with van der Waals surface area (Å²) in [5, 5.41) is 5.02. The molecule has 0 aliphatic heterocycles. The first kappa shape index (κ1) is 13.2. The molecule has 0 saturated heterocycles. The van der Waals surface area contributed by atoms with Gasteiger partial charge in [0.1, 0.15) is 0 Å². The van der Waals surface area contributed by atoms with E-state index in [1.807, 2.05) is 17.5 Å². The van der Waals surface area contributed by atoms with E-state index in [1.54, 1.807) is 25.2 Å². The third kappa shape index (κ3) is 3.32. The van der Waals surface area contributed by atoms with Crippen LogP contribution in [0.1, 0.15) is 38.6 Å². The van der Waals surface area contributed by atoms with Crippen LogP contribution in [0.4, 0.5) is 0 Å². The van der Waals surface area contributed by atoms with E-state index >= 15 is 0 Å². The van der Waals surface area contributed by atoms with Gasteiger partial charge in [0, 0.05) is 4.88 Å². The normalized spacial score (nSPS) is 13.9. The molecule has 1 unspecified atom stereocenters. The summed E-state index contributed by atoms with van der Waals surface area (Å²) in [5.41, 5.74) is 4.94. The summed E-state index contributed by atoms with van der Waals surface area (Å²) in [7, 11) is 0. The van der Waals surface area contributed by atoms with Gasteiger partial charge in [-0.15, -0.1) is 11.3 Å². The number of carbonyl (C=O) groups is 1. The highest BCUT2D eigenvalue weighted by atomic mass is 32.1. The van der Waals surface area contributed by atoms with Crippen molar-refractivity contribution >= 4 is 17.2 Å². The number of nitrogens with one attached hydrogen (secondary N) is 1. The lowest BCUT2D eigenvalue weighted by Gasteiger charge is -2.26. The van der Waals surface area contributed by atoms with E-state index in [9.17, 15) is 4.79 Å². The van der Waals surface area contributed by atoms with Crippen LogP contribution in [0, 0.1) is 5.92 Å². The van der Waals surface area contributed by atoms with E-state index < -0.39 is 5.54 Å². The molecule has 3 nitrogen and oxygen atoms in total. The van der Waals surface area contributed by atoms with Gasteiger partial charge in [0.05, 0.1) is 11.6 Å². The van der Waals surface area contributed by atoms with Crippen LogP contribution in [-0.4, -0.2) is 11.4 Å². The van der Waals surface area contributed by atoms with Crippen LogP contribution in [0.3, 0.4) is 0 Å². The summed E-state index contributed by atoms with van der Waals surface area (Å²) in [6.45, 7) is 7.62. The van der Waals surface area contributed by atoms with Crippen molar-refractivity contribution < 1.29 is 4.79 Å². The molecule has 0 saturated carbocycles. The molecular weight excluding hydrogens is 220 g/mol. The van der Waals surface area contributed by atoms with Crippen molar-refractivity contribution in [2.45, 2.75) is 39.3 Å². The predicted molar refractivity (Wildman–Crippen MR) is 68.3 cm³/mol. The summed E-state index contributed by atoms with van der Waals surface area (Å²) in [5.74, 6) is 0.240. The van der Waals surface area contributed by atoms with E-state index in [4.69, 9.17) is 5.73 Å². The SMILES string of the molecule is CC(C)C(NC(=O)C(C)(C)N)c1cccs1. The van der Waals surface area contributed by atoms with Gasteiger partial charge in [-0.25, -0.2) is 0 Å². The van der Waals surface area contributed by atoms with Gasteiger partial charge in [0.2, 0.25) is 5.91 Å². The first-order valence-electron chi connectivity index (χ1n) is 5.45. The van der Waals surface area contributed by atoms with Gasteiger partial charge in [-0.1, -0.05) is 19.9 Å². The fourth-order valence-electron chi connectivity index (χ4n) is 1.36. The Balaban J connectivity index is 2.78. The molecular formula is C12H20N2OS. The number of carbonyl (C=O) groups excluding carboxylic acids is 1. The molecule has 0 radical (unpaired) electrons. The van der Waals surface area contributed by atoms with Crippen molar-refractivity contribution in [3.05, 3.63) is 22.4 Å². The van der Waals surface area contributed by atoms with Gasteiger partial charge in [-0.05, 0) is 31.2 Å². The lowest BCUT2D eigenvalue weighted by molar-refractivity contribution is -0.126. The fraction of sp³-hybridized carbons (Fsp3) is 0.583. The van der Waals surface area contributed by atoms with Crippen molar-refractivity contribution in [2.24, 2.45) is 11.7 Å². The van der Waals surface area contributed by atoms with Gasteiger partial charge >= 0.3 is 0 Å². The molecule has 1 aromatic heterocycles. The van der Waals surface area contributed by atoms with Crippen LogP contribution in [0.2, 0.25) is 0 Å². The van der Waals surface area contributed by atoms with Crippen LogP contribution >= 0.6 is 11.3 Å². The van der Waals surface area contributed by atoms with Crippen LogP contribution < -0.4 is 11.1 Å². The summed E-state index contributed by atoms with van der Waals surface area (Å²) in [6, 6.07) is 4.09. The van der Waals surface area contributed by atoms with E-state index in [0.29, 0.717) is 5.92 Å². The first-order chi connectivity index (χ1) is 7.32. The molecule has 1 atom stereocenters. The van der Waals surface area contributed by atoms with Gasteiger partial charge in [0.15, 0.2) is 0 Å². The monoisotopic (exact) mass is 240 g/mol. The molecule has 0 fully saturated rings. The molecule has 0 aliphatic rings. The van der Waals surface area contributed by atoms with E-state index in [2.05, 4.69) is 19.2 Å². The third-order valence-electron chi connectivity index (χ3n) is 2.39. The van der Waals surface area contributed by atoms with Crippen molar-refractivity contribution in [2.75, 3.05) is 0 Å². The third-order valence-corrected chi connectivity index (χ3v) is 3.34. The Kier molecular flexibility index (Phi) is 4.10. The summed E-state index contributed by atoms with van der Waals surface area (Å²) in [6.07, 6.45) is 0. The van der Waals surface area contributed by atoms with E-state index in [-0.39, 0.29) is 11.9 Å². The van der Waals surface area contributed by atoms with Crippen LogP contribution in [0.15, 0.2) is 17.5 Å². The minimum atomic E-state index is -0.829. The maximum atomic E-state index is 11.8. The largest absolute Gasteiger partial charge is 0.347 e. The Morgan fingerprint density at radius 2 is 2.12 bits per heavy atom. The van der Waals surface area contributed by atoms with E-state index in [0.717, 1.165) is 0 Å². The minimum absolute atomic E-state index is 0.0512. The Hall–Kier alpha value is -0.870. The number of nitrogens with two attached hydrogens (primary N) is 1. The molecule has 1 aromatic rings. The minimum Gasteiger partial charge on any atom is -0.347 e. The van der Waals surface area contributed by atoms with Gasteiger partial charge < -0.3 is 11.1 Å². The molecule has 0 spiro atoms. The standard InChI is InChI=1S/C12H20N2OS/c1-8(2)10(9-6-5-7-16-9)14-11(15)12(3,4)13/h5-8,10H,13H2,1-4H3,(H,14,15). The molecule has 0 aromatic carbocycles. The van der Waals surface area contributed by atoms with Crippen molar-refractivity contribution in [1.29, 1.82) is 0 Å². The van der Waals surface area contributed by atoms with Crippen LogP contribution in [0.5, 0.6) is 0 Å². The van der Waals surface area contributed by atoms with Crippen molar-refractivity contribution in [3.8, 4) is 0 Å². The highest BCUT2D eigenvalue weighted by Crippen LogP contribution is 2.26. The number of hydrogen-bond acceptors (Lipinski definition) is 3. The lowest BCUT2D eigenvalue weighted by atomic mass is 10.00. The summed E-state index contributed by atoms with van der Waals surface area (Å²) in [4.78, 5) is 13.0. The second-order valence-electron chi connectivity index (χ2n) is 4.93. The molecule has 3 N–H and O–H groups in total. The molecule has 16 heavy (non-hydrogen) atoms. The summed E-state index contributed by atoms with van der Waals surface area (Å²) >= 11 is 1.66. The second kappa shape index (κ2) is 4.97. The smallest absolute Gasteiger partial charge is 0.240 e. The Bertz CT molecular complexity index is 338. The van der Waals surface area contributed by atoms with Crippen LogP contribution in [-0.2, 0) is 4.79 Å². The maximum Gasteiger partial charge on any atom is 0.240 e. The zero-order chi connectivity index (χ0) is 12.3. The molecule has 0 aliphatic carbocycles. The molecule has 4 heteroatoms. The van der Waals surface area contributed by atoms with Gasteiger partial charge in [0.25, 0.3) is 0 Å². The Morgan fingerprint density at radius 1 is 1.50 bits per heavy atom. The molecule has 1 amide bonds. The highest BCUT2D eigenvalue weighted by molar-refractivity contribution is 7.10. The average Bonchev–Trinajstić information content (AvgIpc) is 2.63. The predicted octanol–water partition coefficient (Wildman–Crippen LogP) is 2.30. The number of thiophene rings is 1. The molecule has 1 heterocycles. The Labute approximate surface area is 101 Å². The zero-order valence-corrected chi connectivity index (χ0v) is 11.1. The first-order valence-corrected chi connectivity index (χ1v) is 6.33. The molecule has 90 valence electrons. The van der Waals surface area contributed by atoms with Gasteiger partial charge in [-0.2, -0.15) is 0 Å². The topological polar surface area (TPSA) is 55.1 Å². The van der Waals surface area contributed by atoms with Crippen molar-refractivity contribution in [3.63, 3.8) is 0 Å². The molecule has 0 bridgehead atoms. The van der Waals surface area contributed by atoms with Crippen molar-refractivity contribution in [1.82, 2.24) is 5.32 Å². The Morgan fingerprint density at radius 3 is 2.50 bits per heavy atom. The lowest BCUT2D eigenvalue weighted by Crippen LogP contribution is -2.50. The quantitative estimate of drug-likeness (QED) is 0.848. The number of rotatable bonds is 4. The average molecular weight is 240 g/mol. The van der Waals surface area contributed by atoms with Crippen LogP contribution in [0.25, 0.3) is 0 Å². The summed E-state index contributed by atoms with van der Waals surface area (Å²) < 4.78 is 0. The zero-order valence-electron chi connectivity index (χ0n) is 10.3. The molecule has 1 rings (SSSR count).